The molecule has 0 aliphatic heterocycles. The van der Waals surface area contributed by atoms with Gasteiger partial charge in [-0.25, -0.2) is 0 Å². The molecule has 20 heavy (non-hydrogen) atoms. The van der Waals surface area contributed by atoms with Crippen molar-refractivity contribution in [1.82, 2.24) is 0 Å². The first-order chi connectivity index (χ1) is 9.78. The zero-order valence-corrected chi connectivity index (χ0v) is 11.2. The Morgan fingerprint density at radius 3 is 2.25 bits per heavy atom. The maximum atomic E-state index is 12.4. The number of carbonyl (C=O) groups is 1. The van der Waals surface area contributed by atoms with Crippen LogP contribution in [0, 0.1) is 0 Å². The Kier molecular flexibility index (Phi) is 3.21. The number of fused-ring (bicyclic) bond motifs is 1. The van der Waals surface area contributed by atoms with Gasteiger partial charge in [0.15, 0.2) is 5.78 Å². The van der Waals surface area contributed by atoms with Gasteiger partial charge in [0.2, 0.25) is 0 Å². The molecule has 0 spiro atoms. The van der Waals surface area contributed by atoms with Gasteiger partial charge in [0.1, 0.15) is 5.75 Å². The molecule has 3 aromatic carbocycles. The Hall–Kier alpha value is -2.61. The molecule has 0 heterocycles. The van der Waals surface area contributed by atoms with Crippen LogP contribution in [0.3, 0.4) is 0 Å². The lowest BCUT2D eigenvalue weighted by Crippen LogP contribution is -2.00. The normalized spacial score (nSPS) is 10.4. The summed E-state index contributed by atoms with van der Waals surface area (Å²) in [6, 6.07) is 20.9. The summed E-state index contributed by atoms with van der Waals surface area (Å²) in [5.74, 6) is 0.864. The van der Waals surface area contributed by atoms with Crippen molar-refractivity contribution in [1.29, 1.82) is 0 Å². The second-order valence-corrected chi connectivity index (χ2v) is 4.62. The number of hydrogen-bond donors (Lipinski definition) is 0. The Bertz CT molecular complexity index is 761. The lowest BCUT2D eigenvalue weighted by molar-refractivity contribution is 0.103. The molecular weight excluding hydrogens is 248 g/mol. The number of carbonyl (C=O) groups excluding carboxylic acids is 1. The molecule has 0 unspecified atom stereocenters. The van der Waals surface area contributed by atoms with Crippen LogP contribution in [0.15, 0.2) is 66.7 Å². The predicted octanol–water partition coefficient (Wildman–Crippen LogP) is 4.08. The van der Waals surface area contributed by atoms with Crippen LogP contribution in [0.5, 0.6) is 5.75 Å². The van der Waals surface area contributed by atoms with E-state index in [2.05, 4.69) is 0 Å². The fraction of sp³-hybridized carbons (Fsp3) is 0.0556. The van der Waals surface area contributed by atoms with E-state index in [0.29, 0.717) is 11.1 Å². The maximum Gasteiger partial charge on any atom is 0.193 e. The fourth-order valence-corrected chi connectivity index (χ4v) is 2.25. The van der Waals surface area contributed by atoms with E-state index in [9.17, 15) is 4.79 Å². The van der Waals surface area contributed by atoms with Crippen LogP contribution < -0.4 is 4.74 Å². The summed E-state index contributed by atoms with van der Waals surface area (Å²) in [4.78, 5) is 12.4. The predicted molar refractivity (Wildman–Crippen MR) is 80.4 cm³/mol. The van der Waals surface area contributed by atoms with Crippen molar-refractivity contribution in [3.05, 3.63) is 77.9 Å². The maximum absolute atomic E-state index is 12.4. The number of rotatable bonds is 3. The Morgan fingerprint density at radius 1 is 0.800 bits per heavy atom. The lowest BCUT2D eigenvalue weighted by atomic mass is 10.00. The van der Waals surface area contributed by atoms with Gasteiger partial charge in [-0.1, -0.05) is 48.5 Å². The third-order valence-electron chi connectivity index (χ3n) is 3.35. The van der Waals surface area contributed by atoms with E-state index in [-0.39, 0.29) is 5.78 Å². The SMILES string of the molecule is COc1ccc2cc(C(=O)c3ccccc3)ccc2c1. The van der Waals surface area contributed by atoms with Gasteiger partial charge < -0.3 is 4.74 Å². The van der Waals surface area contributed by atoms with Crippen molar-refractivity contribution in [3.63, 3.8) is 0 Å². The summed E-state index contributed by atoms with van der Waals surface area (Å²) in [5.41, 5.74) is 1.41. The molecule has 3 rings (SSSR count). The average molecular weight is 262 g/mol. The quantitative estimate of drug-likeness (QED) is 0.665. The molecule has 0 amide bonds. The Balaban J connectivity index is 2.03. The molecule has 0 N–H and O–H groups in total. The zero-order valence-electron chi connectivity index (χ0n) is 11.2. The minimum atomic E-state index is 0.0447. The number of hydrogen-bond acceptors (Lipinski definition) is 2. The first-order valence-electron chi connectivity index (χ1n) is 6.45. The standard InChI is InChI=1S/C18H14O2/c1-20-17-10-9-14-11-16(8-7-15(14)12-17)18(19)13-5-3-2-4-6-13/h2-12H,1H3. The second-order valence-electron chi connectivity index (χ2n) is 4.62. The molecule has 0 bridgehead atoms. The summed E-state index contributed by atoms with van der Waals surface area (Å²) < 4.78 is 5.20. The van der Waals surface area contributed by atoms with E-state index in [0.717, 1.165) is 16.5 Å². The van der Waals surface area contributed by atoms with Crippen molar-refractivity contribution in [2.45, 2.75) is 0 Å². The highest BCUT2D eigenvalue weighted by Crippen LogP contribution is 2.23. The molecule has 0 atom stereocenters. The third kappa shape index (κ3) is 2.28. The number of ether oxygens (including phenoxy) is 1. The van der Waals surface area contributed by atoms with Gasteiger partial charge in [0, 0.05) is 11.1 Å². The minimum absolute atomic E-state index is 0.0447. The molecule has 0 saturated carbocycles. The monoisotopic (exact) mass is 262 g/mol. The summed E-state index contributed by atoms with van der Waals surface area (Å²) in [7, 11) is 1.65. The number of ketones is 1. The highest BCUT2D eigenvalue weighted by Gasteiger charge is 2.09. The summed E-state index contributed by atoms with van der Waals surface area (Å²) in [6.45, 7) is 0. The first kappa shape index (κ1) is 12.4. The molecule has 2 heteroatoms. The molecule has 0 aliphatic rings. The van der Waals surface area contributed by atoms with Crippen LogP contribution in [0.1, 0.15) is 15.9 Å². The van der Waals surface area contributed by atoms with Gasteiger partial charge in [0.05, 0.1) is 7.11 Å². The number of methoxy groups -OCH3 is 1. The van der Waals surface area contributed by atoms with Crippen molar-refractivity contribution < 1.29 is 9.53 Å². The minimum Gasteiger partial charge on any atom is -0.497 e. The van der Waals surface area contributed by atoms with Crippen LogP contribution in [0.25, 0.3) is 10.8 Å². The van der Waals surface area contributed by atoms with Crippen molar-refractivity contribution in [2.75, 3.05) is 7.11 Å². The Labute approximate surface area is 117 Å². The molecule has 2 nitrogen and oxygen atoms in total. The second kappa shape index (κ2) is 5.17. The lowest BCUT2D eigenvalue weighted by Gasteiger charge is -2.05. The van der Waals surface area contributed by atoms with Gasteiger partial charge >= 0.3 is 0 Å². The molecule has 0 aromatic heterocycles. The van der Waals surface area contributed by atoms with Crippen LogP contribution in [-0.4, -0.2) is 12.9 Å². The fourth-order valence-electron chi connectivity index (χ4n) is 2.25. The topological polar surface area (TPSA) is 26.3 Å². The van der Waals surface area contributed by atoms with Crippen LogP contribution >= 0.6 is 0 Å². The summed E-state index contributed by atoms with van der Waals surface area (Å²) in [5, 5.41) is 2.10. The average Bonchev–Trinajstić information content (AvgIpc) is 2.54. The van der Waals surface area contributed by atoms with Gasteiger partial charge in [0.25, 0.3) is 0 Å². The van der Waals surface area contributed by atoms with Gasteiger partial charge in [-0.05, 0) is 29.0 Å². The zero-order chi connectivity index (χ0) is 13.9. The van der Waals surface area contributed by atoms with E-state index in [1.54, 1.807) is 7.11 Å². The molecule has 0 aliphatic carbocycles. The molecule has 0 saturated heterocycles. The van der Waals surface area contributed by atoms with E-state index in [1.165, 1.54) is 0 Å². The molecule has 3 aromatic rings. The van der Waals surface area contributed by atoms with E-state index >= 15 is 0 Å². The smallest absolute Gasteiger partial charge is 0.193 e. The Morgan fingerprint density at radius 2 is 1.50 bits per heavy atom. The molecule has 0 fully saturated rings. The van der Waals surface area contributed by atoms with Gasteiger partial charge in [-0.2, -0.15) is 0 Å². The highest BCUT2D eigenvalue weighted by molar-refractivity contribution is 6.10. The van der Waals surface area contributed by atoms with Crippen molar-refractivity contribution in [3.8, 4) is 5.75 Å². The van der Waals surface area contributed by atoms with E-state index < -0.39 is 0 Å². The van der Waals surface area contributed by atoms with Crippen LogP contribution in [0.4, 0.5) is 0 Å². The van der Waals surface area contributed by atoms with Crippen LogP contribution in [0.2, 0.25) is 0 Å². The first-order valence-corrected chi connectivity index (χ1v) is 6.45. The van der Waals surface area contributed by atoms with Crippen LogP contribution in [-0.2, 0) is 0 Å². The summed E-state index contributed by atoms with van der Waals surface area (Å²) >= 11 is 0. The highest BCUT2D eigenvalue weighted by atomic mass is 16.5. The van der Waals surface area contributed by atoms with E-state index in [1.807, 2.05) is 66.7 Å². The summed E-state index contributed by atoms with van der Waals surface area (Å²) in [6.07, 6.45) is 0. The largest absolute Gasteiger partial charge is 0.497 e. The van der Waals surface area contributed by atoms with Gasteiger partial charge in [-0.3, -0.25) is 4.79 Å². The number of benzene rings is 3. The van der Waals surface area contributed by atoms with Crippen molar-refractivity contribution in [2.24, 2.45) is 0 Å². The molecular formula is C18H14O2. The molecule has 0 radical (unpaired) electrons. The van der Waals surface area contributed by atoms with Gasteiger partial charge in [-0.15, -0.1) is 0 Å². The van der Waals surface area contributed by atoms with Crippen molar-refractivity contribution >= 4 is 16.6 Å². The molecule has 98 valence electrons. The third-order valence-corrected chi connectivity index (χ3v) is 3.35. The van der Waals surface area contributed by atoms with E-state index in [4.69, 9.17) is 4.74 Å².